The number of hydrogen-bond donors (Lipinski definition) is 1. The molecule has 0 aliphatic heterocycles. The number of benzene rings is 2. The van der Waals surface area contributed by atoms with Crippen LogP contribution in [0.4, 0.5) is 0 Å². The Hall–Kier alpha value is -2.49. The first-order valence-electron chi connectivity index (χ1n) is 8.79. The Labute approximate surface area is 150 Å². The second-order valence-corrected chi connectivity index (χ2v) is 5.93. The van der Waals surface area contributed by atoms with E-state index in [1.807, 2.05) is 48.5 Å². The van der Waals surface area contributed by atoms with E-state index in [0.29, 0.717) is 6.54 Å². The molecule has 25 heavy (non-hydrogen) atoms. The Bertz CT molecular complexity index is 684. The van der Waals surface area contributed by atoms with Crippen LogP contribution in [0.2, 0.25) is 0 Å². The maximum atomic E-state index is 12.2. The first-order valence-corrected chi connectivity index (χ1v) is 8.79. The van der Waals surface area contributed by atoms with Crippen molar-refractivity contribution in [3.63, 3.8) is 0 Å². The monoisotopic (exact) mass is 341 g/mol. The van der Waals surface area contributed by atoms with Crippen LogP contribution in [0.3, 0.4) is 0 Å². The van der Waals surface area contributed by atoms with Gasteiger partial charge in [-0.2, -0.15) is 0 Å². The number of ether oxygens (including phenoxy) is 2. The molecular weight excluding hydrogens is 314 g/mol. The third-order valence-electron chi connectivity index (χ3n) is 4.14. The van der Waals surface area contributed by atoms with E-state index in [2.05, 4.69) is 12.2 Å². The lowest BCUT2D eigenvalue weighted by Crippen LogP contribution is -2.37. The zero-order valence-corrected chi connectivity index (χ0v) is 15.2. The number of nitrogens with one attached hydrogen (secondary N) is 1. The van der Waals surface area contributed by atoms with Gasteiger partial charge in [0.25, 0.3) is 5.91 Å². The summed E-state index contributed by atoms with van der Waals surface area (Å²) in [5.41, 5.74) is 2.26. The highest BCUT2D eigenvalue weighted by molar-refractivity contribution is 5.80. The van der Waals surface area contributed by atoms with Crippen molar-refractivity contribution >= 4 is 5.91 Å². The van der Waals surface area contributed by atoms with E-state index in [-0.39, 0.29) is 5.91 Å². The first kappa shape index (κ1) is 18.8. The van der Waals surface area contributed by atoms with Crippen molar-refractivity contribution in [2.45, 2.75) is 39.2 Å². The molecule has 4 heteroatoms. The van der Waals surface area contributed by atoms with Gasteiger partial charge in [-0.05, 0) is 49.4 Å². The molecule has 4 nitrogen and oxygen atoms in total. The van der Waals surface area contributed by atoms with E-state index in [0.717, 1.165) is 41.9 Å². The Morgan fingerprint density at radius 3 is 2.36 bits per heavy atom. The van der Waals surface area contributed by atoms with Crippen molar-refractivity contribution in [1.82, 2.24) is 5.32 Å². The molecule has 0 aromatic heterocycles. The molecule has 0 saturated carbocycles. The van der Waals surface area contributed by atoms with Gasteiger partial charge < -0.3 is 14.8 Å². The maximum absolute atomic E-state index is 12.2. The summed E-state index contributed by atoms with van der Waals surface area (Å²) in [5.74, 6) is 1.58. The van der Waals surface area contributed by atoms with Crippen molar-refractivity contribution in [3.05, 3.63) is 59.7 Å². The number of amides is 1. The second kappa shape index (κ2) is 9.72. The van der Waals surface area contributed by atoms with Gasteiger partial charge in [0.1, 0.15) is 11.5 Å². The fraction of sp³-hybridized carbons (Fsp3) is 0.381. The zero-order chi connectivity index (χ0) is 18.1. The Balaban J connectivity index is 1.78. The predicted octanol–water partition coefficient (Wildman–Crippen LogP) is 3.77. The lowest BCUT2D eigenvalue weighted by Gasteiger charge is -2.17. The van der Waals surface area contributed by atoms with Crippen molar-refractivity contribution in [3.8, 4) is 11.5 Å². The zero-order valence-electron chi connectivity index (χ0n) is 15.2. The Kier molecular flexibility index (Phi) is 7.33. The van der Waals surface area contributed by atoms with Crippen LogP contribution >= 0.6 is 0 Å². The van der Waals surface area contributed by atoms with Crippen molar-refractivity contribution in [2.75, 3.05) is 13.7 Å². The molecule has 0 bridgehead atoms. The average Bonchev–Trinajstić information content (AvgIpc) is 2.65. The van der Waals surface area contributed by atoms with Crippen LogP contribution in [0.25, 0.3) is 0 Å². The van der Waals surface area contributed by atoms with E-state index < -0.39 is 6.10 Å². The van der Waals surface area contributed by atoms with Crippen LogP contribution in [0, 0.1) is 0 Å². The number of carbonyl (C=O) groups excluding carboxylic acids is 1. The van der Waals surface area contributed by atoms with E-state index in [1.54, 1.807) is 14.0 Å². The van der Waals surface area contributed by atoms with Gasteiger partial charge in [0.15, 0.2) is 6.10 Å². The summed E-state index contributed by atoms with van der Waals surface area (Å²) in [6.07, 6.45) is 2.07. The van der Waals surface area contributed by atoms with Crippen LogP contribution in [0.15, 0.2) is 48.5 Å². The van der Waals surface area contributed by atoms with Crippen LogP contribution in [0.1, 0.15) is 31.4 Å². The Morgan fingerprint density at radius 1 is 1.04 bits per heavy atom. The third-order valence-corrected chi connectivity index (χ3v) is 4.14. The van der Waals surface area contributed by atoms with Crippen LogP contribution < -0.4 is 14.8 Å². The molecule has 1 atom stereocenters. The molecule has 2 rings (SSSR count). The minimum Gasteiger partial charge on any atom is -0.496 e. The number of methoxy groups -OCH3 is 1. The molecule has 0 fully saturated rings. The SMILES string of the molecule is CCc1ccccc1O[C@@H](C)C(=O)NCCCc1ccccc1OC. The fourth-order valence-electron chi connectivity index (χ4n) is 2.70. The maximum Gasteiger partial charge on any atom is 0.260 e. The van der Waals surface area contributed by atoms with Crippen molar-refractivity contribution < 1.29 is 14.3 Å². The minimum absolute atomic E-state index is 0.0917. The summed E-state index contributed by atoms with van der Waals surface area (Å²) in [5, 5.41) is 2.94. The molecule has 1 amide bonds. The summed E-state index contributed by atoms with van der Waals surface area (Å²) in [6, 6.07) is 15.8. The normalized spacial score (nSPS) is 11.6. The molecule has 0 aliphatic carbocycles. The molecule has 0 saturated heterocycles. The van der Waals surface area contributed by atoms with E-state index in [9.17, 15) is 4.79 Å². The molecule has 0 heterocycles. The van der Waals surface area contributed by atoms with E-state index in [4.69, 9.17) is 9.47 Å². The van der Waals surface area contributed by atoms with Gasteiger partial charge in [0, 0.05) is 6.54 Å². The quantitative estimate of drug-likeness (QED) is 0.706. The molecule has 134 valence electrons. The predicted molar refractivity (Wildman–Crippen MR) is 100 cm³/mol. The highest BCUT2D eigenvalue weighted by atomic mass is 16.5. The standard InChI is InChI=1S/C21H27NO3/c1-4-17-10-5-8-14-20(17)25-16(2)21(23)22-15-9-12-18-11-6-7-13-19(18)24-3/h5-8,10-11,13-14,16H,4,9,12,15H2,1-3H3,(H,22,23)/t16-/m0/s1. The highest BCUT2D eigenvalue weighted by Crippen LogP contribution is 2.20. The molecule has 0 radical (unpaired) electrons. The Morgan fingerprint density at radius 2 is 1.68 bits per heavy atom. The van der Waals surface area contributed by atoms with Gasteiger partial charge in [0.05, 0.1) is 7.11 Å². The minimum atomic E-state index is -0.515. The van der Waals surface area contributed by atoms with Gasteiger partial charge in [-0.25, -0.2) is 0 Å². The average molecular weight is 341 g/mol. The van der Waals surface area contributed by atoms with Crippen molar-refractivity contribution in [2.24, 2.45) is 0 Å². The largest absolute Gasteiger partial charge is 0.496 e. The number of para-hydroxylation sites is 2. The van der Waals surface area contributed by atoms with E-state index >= 15 is 0 Å². The topological polar surface area (TPSA) is 47.6 Å². The van der Waals surface area contributed by atoms with Gasteiger partial charge >= 0.3 is 0 Å². The molecule has 2 aromatic rings. The van der Waals surface area contributed by atoms with E-state index in [1.165, 1.54) is 0 Å². The fourth-order valence-corrected chi connectivity index (χ4v) is 2.70. The van der Waals surface area contributed by atoms with Gasteiger partial charge in [-0.3, -0.25) is 4.79 Å². The highest BCUT2D eigenvalue weighted by Gasteiger charge is 2.15. The van der Waals surface area contributed by atoms with Gasteiger partial charge in [-0.15, -0.1) is 0 Å². The number of rotatable bonds is 9. The van der Waals surface area contributed by atoms with Crippen LogP contribution in [-0.2, 0) is 17.6 Å². The lowest BCUT2D eigenvalue weighted by atomic mass is 10.1. The molecule has 1 N–H and O–H groups in total. The van der Waals surface area contributed by atoms with Gasteiger partial charge in [-0.1, -0.05) is 43.3 Å². The van der Waals surface area contributed by atoms with Gasteiger partial charge in [0.2, 0.25) is 0 Å². The lowest BCUT2D eigenvalue weighted by molar-refractivity contribution is -0.127. The summed E-state index contributed by atoms with van der Waals surface area (Å²) in [7, 11) is 1.67. The summed E-state index contributed by atoms with van der Waals surface area (Å²) in [6.45, 7) is 4.47. The number of hydrogen-bond acceptors (Lipinski definition) is 3. The summed E-state index contributed by atoms with van der Waals surface area (Å²) >= 11 is 0. The molecule has 0 unspecified atom stereocenters. The van der Waals surface area contributed by atoms with Crippen molar-refractivity contribution in [1.29, 1.82) is 0 Å². The summed E-state index contributed by atoms with van der Waals surface area (Å²) in [4.78, 5) is 12.2. The molecular formula is C21H27NO3. The first-order chi connectivity index (χ1) is 12.2. The van der Waals surface area contributed by atoms with Crippen LogP contribution in [0.5, 0.6) is 11.5 Å². The molecule has 0 spiro atoms. The van der Waals surface area contributed by atoms with Crippen LogP contribution in [-0.4, -0.2) is 25.7 Å². The molecule has 0 aliphatic rings. The molecule has 2 aromatic carbocycles. The number of carbonyl (C=O) groups is 1. The third kappa shape index (κ3) is 5.52. The smallest absolute Gasteiger partial charge is 0.260 e. The second-order valence-electron chi connectivity index (χ2n) is 5.93. The summed E-state index contributed by atoms with van der Waals surface area (Å²) < 4.78 is 11.2. The number of aryl methyl sites for hydroxylation is 2.